The molecule has 2 rings (SSSR count). The van der Waals surface area contributed by atoms with Crippen LogP contribution in [0.4, 0.5) is 5.69 Å². The lowest BCUT2D eigenvalue weighted by Crippen LogP contribution is -2.40. The monoisotopic (exact) mass is 322 g/mol. The number of hydrogen-bond acceptors (Lipinski definition) is 6. The number of carbonyl (C=O) groups excluding carboxylic acids is 1. The minimum atomic E-state index is -0.459. The van der Waals surface area contributed by atoms with E-state index in [0.717, 1.165) is 13.1 Å². The number of nitrogen functional groups attached to an aromatic ring is 1. The number of carbonyl (C=O) groups is 1. The molecule has 23 heavy (non-hydrogen) atoms. The molecule has 0 aromatic heterocycles. The van der Waals surface area contributed by atoms with E-state index >= 15 is 0 Å². The first-order valence-electron chi connectivity index (χ1n) is 8.12. The van der Waals surface area contributed by atoms with Gasteiger partial charge in [0, 0.05) is 25.2 Å². The molecule has 6 heteroatoms. The Hall–Kier alpha value is -1.95. The molecule has 128 valence electrons. The molecule has 2 N–H and O–H groups in total. The van der Waals surface area contributed by atoms with Crippen molar-refractivity contribution in [3.8, 4) is 11.5 Å². The van der Waals surface area contributed by atoms with Crippen molar-refractivity contribution in [1.82, 2.24) is 4.90 Å². The molecule has 1 aromatic rings. The van der Waals surface area contributed by atoms with E-state index in [1.165, 1.54) is 19.3 Å². The fourth-order valence-corrected chi connectivity index (χ4v) is 2.75. The summed E-state index contributed by atoms with van der Waals surface area (Å²) in [6.45, 7) is 6.12. The van der Waals surface area contributed by atoms with Crippen LogP contribution in [0.5, 0.6) is 11.5 Å². The van der Waals surface area contributed by atoms with Gasteiger partial charge >= 0.3 is 5.97 Å². The van der Waals surface area contributed by atoms with Crippen LogP contribution in [0, 0.1) is 0 Å². The Morgan fingerprint density at radius 2 is 1.96 bits per heavy atom. The molecule has 0 amide bonds. The summed E-state index contributed by atoms with van der Waals surface area (Å²) in [7, 11) is 1.54. The van der Waals surface area contributed by atoms with Crippen LogP contribution in [0.2, 0.25) is 0 Å². The van der Waals surface area contributed by atoms with Gasteiger partial charge in [-0.2, -0.15) is 0 Å². The standard InChI is InChI=1S/C17H26N2O4/c1-4-22-17(20)13-10-15(21-3)16(11-14(13)18)23-12(2)19-8-6-5-7-9-19/h10-12H,4-9,18H2,1-3H3. The zero-order valence-electron chi connectivity index (χ0n) is 14.1. The van der Waals surface area contributed by atoms with Gasteiger partial charge in [-0.1, -0.05) is 6.42 Å². The zero-order valence-corrected chi connectivity index (χ0v) is 14.1. The van der Waals surface area contributed by atoms with Gasteiger partial charge in [-0.3, -0.25) is 4.90 Å². The molecule has 1 unspecified atom stereocenters. The number of hydrogen-bond donors (Lipinski definition) is 1. The first-order valence-corrected chi connectivity index (χ1v) is 8.12. The Bertz CT molecular complexity index is 542. The number of rotatable bonds is 6. The summed E-state index contributed by atoms with van der Waals surface area (Å²) in [5, 5.41) is 0. The molecule has 1 heterocycles. The van der Waals surface area contributed by atoms with Gasteiger partial charge in [0.1, 0.15) is 6.23 Å². The van der Waals surface area contributed by atoms with Crippen molar-refractivity contribution in [2.45, 2.75) is 39.3 Å². The largest absolute Gasteiger partial charge is 0.493 e. The SMILES string of the molecule is CCOC(=O)c1cc(OC)c(OC(C)N2CCCCC2)cc1N. The van der Waals surface area contributed by atoms with Crippen molar-refractivity contribution in [1.29, 1.82) is 0 Å². The number of anilines is 1. The fraction of sp³-hybridized carbons (Fsp3) is 0.588. The van der Waals surface area contributed by atoms with Crippen molar-refractivity contribution < 1.29 is 19.0 Å². The van der Waals surface area contributed by atoms with Crippen molar-refractivity contribution in [3.05, 3.63) is 17.7 Å². The molecule has 0 aliphatic carbocycles. The molecule has 6 nitrogen and oxygen atoms in total. The number of likely N-dealkylation sites (tertiary alicyclic amines) is 1. The van der Waals surface area contributed by atoms with Crippen LogP contribution < -0.4 is 15.2 Å². The quantitative estimate of drug-likeness (QED) is 0.641. The molecule has 0 radical (unpaired) electrons. The van der Waals surface area contributed by atoms with Gasteiger partial charge in [0.2, 0.25) is 0 Å². The van der Waals surface area contributed by atoms with Crippen molar-refractivity contribution >= 4 is 11.7 Å². The Labute approximate surface area is 137 Å². The van der Waals surface area contributed by atoms with Gasteiger partial charge in [0.05, 0.1) is 25.0 Å². The summed E-state index contributed by atoms with van der Waals surface area (Å²) in [6.07, 6.45) is 3.58. The van der Waals surface area contributed by atoms with Crippen LogP contribution in [0.25, 0.3) is 0 Å². The van der Waals surface area contributed by atoms with E-state index in [0.29, 0.717) is 29.4 Å². The van der Waals surface area contributed by atoms with Crippen LogP contribution >= 0.6 is 0 Å². The summed E-state index contributed by atoms with van der Waals surface area (Å²) >= 11 is 0. The van der Waals surface area contributed by atoms with Gasteiger partial charge in [-0.05, 0) is 26.7 Å². The maximum absolute atomic E-state index is 11.9. The molecule has 1 aliphatic rings. The van der Waals surface area contributed by atoms with Gasteiger partial charge in [0.25, 0.3) is 0 Å². The van der Waals surface area contributed by atoms with Gasteiger partial charge in [-0.25, -0.2) is 4.79 Å². The maximum atomic E-state index is 11.9. The van der Waals surface area contributed by atoms with E-state index in [1.807, 2.05) is 6.92 Å². The first kappa shape index (κ1) is 17.4. The van der Waals surface area contributed by atoms with E-state index in [-0.39, 0.29) is 6.23 Å². The van der Waals surface area contributed by atoms with E-state index in [2.05, 4.69) is 4.90 Å². The van der Waals surface area contributed by atoms with Crippen molar-refractivity contribution in [2.24, 2.45) is 0 Å². The Kier molecular flexibility index (Phi) is 6.10. The summed E-state index contributed by atoms with van der Waals surface area (Å²) in [4.78, 5) is 14.2. The highest BCUT2D eigenvalue weighted by atomic mass is 16.5. The lowest BCUT2D eigenvalue weighted by atomic mass is 10.1. The minimum absolute atomic E-state index is 0.0722. The molecule has 0 saturated carbocycles. The van der Waals surface area contributed by atoms with E-state index in [9.17, 15) is 4.79 Å². The third kappa shape index (κ3) is 4.28. The average Bonchev–Trinajstić information content (AvgIpc) is 2.56. The molecule has 1 fully saturated rings. The highest BCUT2D eigenvalue weighted by molar-refractivity contribution is 5.96. The molecule has 0 spiro atoms. The van der Waals surface area contributed by atoms with E-state index < -0.39 is 5.97 Å². The third-order valence-electron chi connectivity index (χ3n) is 4.03. The number of benzene rings is 1. The molecule has 1 atom stereocenters. The van der Waals surface area contributed by atoms with E-state index in [1.54, 1.807) is 26.2 Å². The molecule has 1 aliphatic heterocycles. The Balaban J connectivity index is 2.17. The predicted molar refractivity (Wildman–Crippen MR) is 88.9 cm³/mol. The average molecular weight is 322 g/mol. The smallest absolute Gasteiger partial charge is 0.340 e. The number of methoxy groups -OCH3 is 1. The van der Waals surface area contributed by atoms with E-state index in [4.69, 9.17) is 19.9 Å². The summed E-state index contributed by atoms with van der Waals surface area (Å²) < 4.78 is 16.4. The molecule has 1 saturated heterocycles. The summed E-state index contributed by atoms with van der Waals surface area (Å²) in [5.74, 6) is 0.557. The molecular weight excluding hydrogens is 296 g/mol. The van der Waals surface area contributed by atoms with Crippen LogP contribution in [0.3, 0.4) is 0 Å². The number of piperidine rings is 1. The topological polar surface area (TPSA) is 74.0 Å². The van der Waals surface area contributed by atoms with Gasteiger partial charge in [0.15, 0.2) is 11.5 Å². The second-order valence-electron chi connectivity index (χ2n) is 5.62. The number of nitrogens with zero attached hydrogens (tertiary/aromatic N) is 1. The van der Waals surface area contributed by atoms with Gasteiger partial charge in [-0.15, -0.1) is 0 Å². The van der Waals surface area contributed by atoms with Crippen LogP contribution in [-0.2, 0) is 4.74 Å². The summed E-state index contributed by atoms with van der Waals surface area (Å²) in [5.41, 5.74) is 6.60. The lowest BCUT2D eigenvalue weighted by molar-refractivity contribution is 0.0245. The van der Waals surface area contributed by atoms with Gasteiger partial charge < -0.3 is 19.9 Å². The Morgan fingerprint density at radius 1 is 1.26 bits per heavy atom. The molecular formula is C17H26N2O4. The molecule has 0 bridgehead atoms. The number of ether oxygens (including phenoxy) is 3. The zero-order chi connectivity index (χ0) is 16.8. The summed E-state index contributed by atoms with van der Waals surface area (Å²) in [6, 6.07) is 3.21. The second kappa shape index (κ2) is 8.06. The van der Waals surface area contributed by atoms with Crippen LogP contribution in [0.1, 0.15) is 43.5 Å². The van der Waals surface area contributed by atoms with Crippen LogP contribution in [-0.4, -0.2) is 43.9 Å². The van der Waals surface area contributed by atoms with Crippen molar-refractivity contribution in [3.63, 3.8) is 0 Å². The normalized spacial score (nSPS) is 16.7. The lowest BCUT2D eigenvalue weighted by Gasteiger charge is -2.32. The van der Waals surface area contributed by atoms with Crippen LogP contribution in [0.15, 0.2) is 12.1 Å². The fourth-order valence-electron chi connectivity index (χ4n) is 2.75. The predicted octanol–water partition coefficient (Wildman–Crippen LogP) is 2.66. The highest BCUT2D eigenvalue weighted by Gasteiger charge is 2.21. The highest BCUT2D eigenvalue weighted by Crippen LogP contribution is 2.34. The first-order chi connectivity index (χ1) is 11.1. The van der Waals surface area contributed by atoms with Crippen molar-refractivity contribution in [2.75, 3.05) is 32.5 Å². The maximum Gasteiger partial charge on any atom is 0.340 e. The number of esters is 1. The molecule has 1 aromatic carbocycles. The second-order valence-corrected chi connectivity index (χ2v) is 5.62. The third-order valence-corrected chi connectivity index (χ3v) is 4.03. The minimum Gasteiger partial charge on any atom is -0.493 e. The Morgan fingerprint density at radius 3 is 2.57 bits per heavy atom. The number of nitrogens with two attached hydrogens (primary N) is 1.